The van der Waals surface area contributed by atoms with E-state index < -0.39 is 5.97 Å². The van der Waals surface area contributed by atoms with Crippen LogP contribution in [0, 0.1) is 0 Å². The molecule has 0 atom stereocenters. The highest BCUT2D eigenvalue weighted by atomic mass is 35.5. The summed E-state index contributed by atoms with van der Waals surface area (Å²) in [5.74, 6) is -0.397. The van der Waals surface area contributed by atoms with E-state index in [9.17, 15) is 9.90 Å². The number of carbonyl (C=O) groups is 1. The summed E-state index contributed by atoms with van der Waals surface area (Å²) >= 11 is 7.12. The summed E-state index contributed by atoms with van der Waals surface area (Å²) in [6, 6.07) is 4.55. The molecule has 1 aromatic heterocycles. The van der Waals surface area contributed by atoms with E-state index in [4.69, 9.17) is 25.8 Å². The van der Waals surface area contributed by atoms with Crippen molar-refractivity contribution >= 4 is 29.3 Å². The predicted molar refractivity (Wildman–Crippen MR) is 84.2 cm³/mol. The minimum absolute atomic E-state index is 0.0598. The lowest BCUT2D eigenvalue weighted by Crippen LogP contribution is -2.04. The monoisotopic (exact) mass is 356 g/mol. The molecule has 0 saturated heterocycles. The third kappa shape index (κ3) is 3.77. The number of hydrogen-bond donors (Lipinski definition) is 1. The van der Waals surface area contributed by atoms with Gasteiger partial charge >= 0.3 is 5.97 Å². The molecule has 0 saturated carbocycles. The molecular formula is C14H13ClN2O5S. The van der Waals surface area contributed by atoms with Crippen molar-refractivity contribution in [3.63, 3.8) is 0 Å². The number of rotatable bonds is 6. The Morgan fingerprint density at radius 2 is 1.74 bits per heavy atom. The van der Waals surface area contributed by atoms with Crippen LogP contribution in [0.3, 0.4) is 0 Å². The van der Waals surface area contributed by atoms with Crippen LogP contribution >= 0.6 is 23.4 Å². The quantitative estimate of drug-likeness (QED) is 0.790. The van der Waals surface area contributed by atoms with Gasteiger partial charge in [0.2, 0.25) is 11.8 Å². The number of benzene rings is 1. The highest BCUT2D eigenvalue weighted by Crippen LogP contribution is 2.39. The van der Waals surface area contributed by atoms with Crippen molar-refractivity contribution in [1.82, 2.24) is 9.97 Å². The van der Waals surface area contributed by atoms with Crippen molar-refractivity contribution in [3.8, 4) is 17.5 Å². The zero-order chi connectivity index (χ0) is 17.0. The number of methoxy groups -OCH3 is 3. The molecule has 23 heavy (non-hydrogen) atoms. The average Bonchev–Trinajstić information content (AvgIpc) is 2.55. The molecule has 7 nitrogen and oxygen atoms in total. The van der Waals surface area contributed by atoms with Gasteiger partial charge in [-0.25, -0.2) is 4.79 Å². The van der Waals surface area contributed by atoms with E-state index in [0.29, 0.717) is 0 Å². The summed E-state index contributed by atoms with van der Waals surface area (Å²) in [4.78, 5) is 20.1. The molecule has 1 N–H and O–H groups in total. The van der Waals surface area contributed by atoms with Crippen LogP contribution in [-0.2, 0) is 0 Å². The van der Waals surface area contributed by atoms with E-state index in [0.717, 1.165) is 11.8 Å². The third-order valence-electron chi connectivity index (χ3n) is 2.78. The number of aromatic nitrogens is 2. The van der Waals surface area contributed by atoms with Gasteiger partial charge in [0.1, 0.15) is 11.3 Å². The van der Waals surface area contributed by atoms with Crippen LogP contribution in [0.1, 0.15) is 10.4 Å². The molecule has 2 aromatic rings. The Labute approximate surface area is 141 Å². The van der Waals surface area contributed by atoms with Crippen LogP contribution < -0.4 is 14.2 Å². The van der Waals surface area contributed by atoms with Crippen molar-refractivity contribution in [2.45, 2.75) is 10.1 Å². The van der Waals surface area contributed by atoms with Gasteiger partial charge in [-0.05, 0) is 23.9 Å². The van der Waals surface area contributed by atoms with Gasteiger partial charge in [0, 0.05) is 0 Å². The van der Waals surface area contributed by atoms with Crippen molar-refractivity contribution < 1.29 is 24.1 Å². The van der Waals surface area contributed by atoms with Crippen molar-refractivity contribution in [2.24, 2.45) is 0 Å². The minimum atomic E-state index is -1.17. The molecular weight excluding hydrogens is 344 g/mol. The molecule has 0 aliphatic heterocycles. The Kier molecular flexibility index (Phi) is 5.51. The Morgan fingerprint density at radius 1 is 1.13 bits per heavy atom. The fraction of sp³-hybridized carbons (Fsp3) is 0.214. The third-order valence-corrected chi connectivity index (χ3v) is 4.20. The van der Waals surface area contributed by atoms with Crippen LogP contribution in [0.5, 0.6) is 17.5 Å². The first kappa shape index (κ1) is 17.2. The lowest BCUT2D eigenvalue weighted by atomic mass is 10.2. The standard InChI is InChI=1S/C14H13ClN2O5S/c1-20-8-5-4-7(15)12(11(8)13(18)19)23-14-16-9(21-2)6-10(17-14)22-3/h4-6H,1-3H3,(H,18,19). The number of ether oxygens (including phenoxy) is 3. The summed E-state index contributed by atoms with van der Waals surface area (Å²) in [5.41, 5.74) is -0.0598. The molecule has 0 aliphatic rings. The van der Waals surface area contributed by atoms with Crippen LogP contribution in [0.4, 0.5) is 0 Å². The molecule has 2 rings (SSSR count). The van der Waals surface area contributed by atoms with E-state index in [2.05, 4.69) is 9.97 Å². The number of hydrogen-bond acceptors (Lipinski definition) is 7. The molecule has 0 aliphatic carbocycles. The number of carboxylic acids is 1. The summed E-state index contributed by atoms with van der Waals surface area (Å²) in [6.45, 7) is 0. The first-order chi connectivity index (χ1) is 11.0. The number of nitrogens with zero attached hydrogens (tertiary/aromatic N) is 2. The summed E-state index contributed by atoms with van der Waals surface area (Å²) in [7, 11) is 4.30. The number of aromatic carboxylic acids is 1. The first-order valence-corrected chi connectivity index (χ1v) is 7.44. The van der Waals surface area contributed by atoms with Crippen LogP contribution in [0.2, 0.25) is 5.02 Å². The Hall–Kier alpha value is -2.19. The fourth-order valence-corrected chi connectivity index (χ4v) is 2.92. The minimum Gasteiger partial charge on any atom is -0.496 e. The average molecular weight is 357 g/mol. The van der Waals surface area contributed by atoms with Gasteiger partial charge in [-0.3, -0.25) is 0 Å². The Morgan fingerprint density at radius 3 is 2.22 bits per heavy atom. The molecule has 122 valence electrons. The van der Waals surface area contributed by atoms with Crippen molar-refractivity contribution in [2.75, 3.05) is 21.3 Å². The summed E-state index contributed by atoms with van der Waals surface area (Å²) in [6.07, 6.45) is 0. The van der Waals surface area contributed by atoms with Crippen LogP contribution in [-0.4, -0.2) is 42.4 Å². The van der Waals surface area contributed by atoms with Gasteiger partial charge in [0.15, 0.2) is 5.16 Å². The molecule has 0 bridgehead atoms. The zero-order valence-corrected chi connectivity index (χ0v) is 14.1. The number of halogens is 1. The van der Waals surface area contributed by atoms with Crippen molar-refractivity contribution in [3.05, 3.63) is 28.8 Å². The predicted octanol–water partition coefficient (Wildman–Crippen LogP) is 3.01. The molecule has 0 unspecified atom stereocenters. The second-order valence-corrected chi connectivity index (χ2v) is 5.48. The van der Waals surface area contributed by atoms with E-state index in [1.54, 1.807) is 6.07 Å². The Balaban J connectivity index is 2.53. The number of carboxylic acid groups (broad SMARTS) is 1. The molecule has 0 spiro atoms. The molecule has 1 aromatic carbocycles. The smallest absolute Gasteiger partial charge is 0.340 e. The molecule has 0 radical (unpaired) electrons. The van der Waals surface area contributed by atoms with Gasteiger partial charge in [-0.15, -0.1) is 0 Å². The van der Waals surface area contributed by atoms with Gasteiger partial charge in [-0.1, -0.05) is 11.6 Å². The normalized spacial score (nSPS) is 10.3. The maximum Gasteiger partial charge on any atom is 0.340 e. The highest BCUT2D eigenvalue weighted by Gasteiger charge is 2.22. The van der Waals surface area contributed by atoms with Gasteiger partial charge in [-0.2, -0.15) is 9.97 Å². The second kappa shape index (κ2) is 7.38. The van der Waals surface area contributed by atoms with E-state index in [1.807, 2.05) is 0 Å². The molecule has 1 heterocycles. The zero-order valence-electron chi connectivity index (χ0n) is 12.5. The molecule has 9 heteroatoms. The van der Waals surface area contributed by atoms with Crippen LogP contribution in [0.25, 0.3) is 0 Å². The lowest BCUT2D eigenvalue weighted by Gasteiger charge is -2.12. The maximum atomic E-state index is 11.5. The van der Waals surface area contributed by atoms with Crippen LogP contribution in [0.15, 0.2) is 28.3 Å². The van der Waals surface area contributed by atoms with E-state index >= 15 is 0 Å². The van der Waals surface area contributed by atoms with Gasteiger partial charge in [0.25, 0.3) is 0 Å². The summed E-state index contributed by atoms with van der Waals surface area (Å²) < 4.78 is 15.2. The summed E-state index contributed by atoms with van der Waals surface area (Å²) in [5, 5.41) is 9.92. The first-order valence-electron chi connectivity index (χ1n) is 6.24. The van der Waals surface area contributed by atoms with Gasteiger partial charge < -0.3 is 19.3 Å². The lowest BCUT2D eigenvalue weighted by molar-refractivity contribution is 0.0689. The van der Waals surface area contributed by atoms with E-state index in [1.165, 1.54) is 33.5 Å². The topological polar surface area (TPSA) is 90.8 Å². The van der Waals surface area contributed by atoms with Crippen molar-refractivity contribution in [1.29, 1.82) is 0 Å². The SMILES string of the molecule is COc1cc(OC)nc(Sc2c(Cl)ccc(OC)c2C(=O)O)n1. The maximum absolute atomic E-state index is 11.5. The second-order valence-electron chi connectivity index (χ2n) is 4.10. The molecule has 0 amide bonds. The molecule has 0 fully saturated rings. The van der Waals surface area contributed by atoms with E-state index in [-0.39, 0.29) is 38.1 Å². The largest absolute Gasteiger partial charge is 0.496 e. The van der Waals surface area contributed by atoms with Gasteiger partial charge in [0.05, 0.1) is 37.3 Å². The fourth-order valence-electron chi connectivity index (χ4n) is 1.74. The Bertz CT molecular complexity index is 719. The highest BCUT2D eigenvalue weighted by molar-refractivity contribution is 7.99.